The molecule has 0 bridgehead atoms. The number of aromatic nitrogens is 1. The summed E-state index contributed by atoms with van der Waals surface area (Å²) in [6, 6.07) is 3.65. The number of nitrogens with zero attached hydrogens (tertiary/aromatic N) is 3. The third-order valence-electron chi connectivity index (χ3n) is 4.55. The normalized spacial score (nSPS) is 20.5. The highest BCUT2D eigenvalue weighted by Crippen LogP contribution is 2.17. The van der Waals surface area contributed by atoms with E-state index in [0.29, 0.717) is 18.5 Å². The van der Waals surface area contributed by atoms with Crippen LogP contribution in [-0.4, -0.2) is 61.4 Å². The van der Waals surface area contributed by atoms with E-state index in [0.717, 1.165) is 25.3 Å². The van der Waals surface area contributed by atoms with Crippen LogP contribution in [0.4, 0.5) is 5.82 Å². The molecule has 1 atom stereocenters. The number of carbonyl (C=O) groups excluding carboxylic acids is 1. The van der Waals surface area contributed by atoms with Gasteiger partial charge in [0.05, 0.1) is 16.6 Å². The largest absolute Gasteiger partial charge is 0.357 e. The van der Waals surface area contributed by atoms with Crippen LogP contribution in [0.25, 0.3) is 0 Å². The van der Waals surface area contributed by atoms with E-state index in [1.165, 1.54) is 0 Å². The maximum Gasteiger partial charge on any atom is 0.255 e. The number of hydrogen-bond donors (Lipinski definition) is 0. The lowest BCUT2D eigenvalue weighted by Crippen LogP contribution is -2.33. The second-order valence-corrected chi connectivity index (χ2v) is 8.78. The van der Waals surface area contributed by atoms with Gasteiger partial charge in [0.25, 0.3) is 5.91 Å². The number of anilines is 1. The van der Waals surface area contributed by atoms with E-state index >= 15 is 0 Å². The van der Waals surface area contributed by atoms with Crippen molar-refractivity contribution in [2.45, 2.75) is 38.9 Å². The molecule has 1 aromatic heterocycles. The summed E-state index contributed by atoms with van der Waals surface area (Å²) in [5.41, 5.74) is 0.512. The van der Waals surface area contributed by atoms with Gasteiger partial charge >= 0.3 is 0 Å². The lowest BCUT2D eigenvalue weighted by molar-refractivity contribution is 0.0766. The molecular formula is C17H27N3O3S. The summed E-state index contributed by atoms with van der Waals surface area (Å²) in [7, 11) is -3.09. The molecule has 0 saturated carbocycles. The molecule has 0 radical (unpaired) electrons. The zero-order valence-electron chi connectivity index (χ0n) is 14.7. The molecule has 1 amide bonds. The van der Waals surface area contributed by atoms with Crippen LogP contribution in [0.3, 0.4) is 0 Å². The van der Waals surface area contributed by atoms with Crippen molar-refractivity contribution in [2.24, 2.45) is 0 Å². The van der Waals surface area contributed by atoms with Crippen molar-refractivity contribution in [2.75, 3.05) is 36.8 Å². The minimum absolute atomic E-state index is 0.0333. The second kappa shape index (κ2) is 7.96. The van der Waals surface area contributed by atoms with E-state index in [4.69, 9.17) is 0 Å². The second-order valence-electron chi connectivity index (χ2n) is 6.24. The summed E-state index contributed by atoms with van der Waals surface area (Å²) >= 11 is 0. The molecule has 0 N–H and O–H groups in total. The van der Waals surface area contributed by atoms with Gasteiger partial charge in [-0.15, -0.1) is 0 Å². The summed E-state index contributed by atoms with van der Waals surface area (Å²) in [5, 5.41) is -0.386. The zero-order chi connectivity index (χ0) is 17.7. The van der Waals surface area contributed by atoms with Gasteiger partial charge in [0.1, 0.15) is 5.82 Å². The topological polar surface area (TPSA) is 70.6 Å². The number of hydrogen-bond acceptors (Lipinski definition) is 5. The van der Waals surface area contributed by atoms with Gasteiger partial charge in [-0.2, -0.15) is 0 Å². The third kappa shape index (κ3) is 4.26. The first-order valence-electron chi connectivity index (χ1n) is 8.60. The lowest BCUT2D eigenvalue weighted by Gasteiger charge is -2.22. The van der Waals surface area contributed by atoms with Crippen LogP contribution in [0.5, 0.6) is 0 Å². The Labute approximate surface area is 144 Å². The molecule has 1 aromatic rings. The molecule has 7 heteroatoms. The number of amides is 1. The van der Waals surface area contributed by atoms with Gasteiger partial charge < -0.3 is 9.80 Å². The number of pyridine rings is 1. The van der Waals surface area contributed by atoms with Crippen LogP contribution in [0, 0.1) is 0 Å². The summed E-state index contributed by atoms with van der Waals surface area (Å²) in [6.45, 7) is 8.44. The maximum absolute atomic E-state index is 12.6. The van der Waals surface area contributed by atoms with Crippen LogP contribution in [0.2, 0.25) is 0 Å². The maximum atomic E-state index is 12.6. The molecule has 1 unspecified atom stereocenters. The molecular weight excluding hydrogens is 326 g/mol. The summed E-state index contributed by atoms with van der Waals surface area (Å²) in [4.78, 5) is 20.8. The van der Waals surface area contributed by atoms with Gasteiger partial charge in [0, 0.05) is 32.4 Å². The molecule has 2 heterocycles. The molecule has 0 spiro atoms. The summed E-state index contributed by atoms with van der Waals surface area (Å²) < 4.78 is 23.9. The zero-order valence-corrected chi connectivity index (χ0v) is 15.6. The average Bonchev–Trinajstić information content (AvgIpc) is 2.71. The standard InChI is InChI=1S/C17H27N3O3S/c1-4-9-19(5-2)16-7-6-15(13-18-16)17(21)20-10-8-14(3)24(22,23)12-11-20/h6-7,13-14H,4-5,8-12H2,1-3H3. The van der Waals surface area contributed by atoms with Crippen LogP contribution in [-0.2, 0) is 9.84 Å². The highest BCUT2D eigenvalue weighted by molar-refractivity contribution is 7.92. The first kappa shape index (κ1) is 18.7. The number of rotatable bonds is 5. The Morgan fingerprint density at radius 3 is 2.67 bits per heavy atom. The molecule has 134 valence electrons. The third-order valence-corrected chi connectivity index (χ3v) is 6.76. The molecule has 1 aliphatic heterocycles. The Morgan fingerprint density at radius 2 is 2.08 bits per heavy atom. The highest BCUT2D eigenvalue weighted by Gasteiger charge is 2.28. The predicted molar refractivity (Wildman–Crippen MR) is 96.2 cm³/mol. The summed E-state index contributed by atoms with van der Waals surface area (Å²) in [5.74, 6) is 0.755. The molecule has 24 heavy (non-hydrogen) atoms. The van der Waals surface area contributed by atoms with Crippen LogP contribution in [0.15, 0.2) is 18.3 Å². The van der Waals surface area contributed by atoms with Crippen molar-refractivity contribution in [1.29, 1.82) is 0 Å². The fraction of sp³-hybridized carbons (Fsp3) is 0.647. The molecule has 2 rings (SSSR count). The molecule has 1 aliphatic rings. The van der Waals surface area contributed by atoms with Crippen molar-refractivity contribution in [3.8, 4) is 0 Å². The first-order chi connectivity index (χ1) is 11.4. The molecule has 0 aromatic carbocycles. The van der Waals surface area contributed by atoms with Gasteiger partial charge in [0.15, 0.2) is 9.84 Å². The Kier molecular flexibility index (Phi) is 6.21. The number of carbonyl (C=O) groups is 1. The molecule has 1 saturated heterocycles. The fourth-order valence-electron chi connectivity index (χ4n) is 2.86. The van der Waals surface area contributed by atoms with Crippen molar-refractivity contribution >= 4 is 21.6 Å². The molecule has 1 fully saturated rings. The number of sulfone groups is 1. The van der Waals surface area contributed by atoms with Gasteiger partial charge in [-0.25, -0.2) is 13.4 Å². The van der Waals surface area contributed by atoms with Gasteiger partial charge in [-0.3, -0.25) is 4.79 Å². The van der Waals surface area contributed by atoms with E-state index in [-0.39, 0.29) is 23.5 Å². The van der Waals surface area contributed by atoms with Crippen LogP contribution in [0.1, 0.15) is 44.0 Å². The Morgan fingerprint density at radius 1 is 1.33 bits per heavy atom. The van der Waals surface area contributed by atoms with E-state index in [2.05, 4.69) is 23.7 Å². The lowest BCUT2D eigenvalue weighted by atomic mass is 10.2. The quantitative estimate of drug-likeness (QED) is 0.809. The van der Waals surface area contributed by atoms with E-state index in [9.17, 15) is 13.2 Å². The van der Waals surface area contributed by atoms with Gasteiger partial charge in [-0.1, -0.05) is 6.92 Å². The van der Waals surface area contributed by atoms with Gasteiger partial charge in [0.2, 0.25) is 0 Å². The fourth-order valence-corrected chi connectivity index (χ4v) is 4.20. The van der Waals surface area contributed by atoms with Crippen molar-refractivity contribution in [3.05, 3.63) is 23.9 Å². The Bertz CT molecular complexity index is 658. The molecule has 0 aliphatic carbocycles. The van der Waals surface area contributed by atoms with Crippen molar-refractivity contribution in [1.82, 2.24) is 9.88 Å². The molecule has 6 nitrogen and oxygen atoms in total. The highest BCUT2D eigenvalue weighted by atomic mass is 32.2. The van der Waals surface area contributed by atoms with E-state index in [1.54, 1.807) is 24.1 Å². The Hall–Kier alpha value is -1.63. The van der Waals surface area contributed by atoms with Crippen LogP contribution < -0.4 is 4.90 Å². The van der Waals surface area contributed by atoms with Crippen molar-refractivity contribution in [3.63, 3.8) is 0 Å². The van der Waals surface area contributed by atoms with Crippen molar-refractivity contribution < 1.29 is 13.2 Å². The Balaban J connectivity index is 2.10. The smallest absolute Gasteiger partial charge is 0.255 e. The van der Waals surface area contributed by atoms with E-state index < -0.39 is 9.84 Å². The average molecular weight is 353 g/mol. The first-order valence-corrected chi connectivity index (χ1v) is 10.3. The SMILES string of the molecule is CCCN(CC)c1ccc(C(=O)N2CCC(C)S(=O)(=O)CC2)cn1. The monoisotopic (exact) mass is 353 g/mol. The van der Waals surface area contributed by atoms with Crippen LogP contribution >= 0.6 is 0 Å². The predicted octanol–water partition coefficient (Wildman–Crippen LogP) is 1.97. The minimum Gasteiger partial charge on any atom is -0.357 e. The minimum atomic E-state index is -3.09. The van der Waals surface area contributed by atoms with Gasteiger partial charge in [-0.05, 0) is 38.8 Å². The van der Waals surface area contributed by atoms with E-state index in [1.807, 2.05) is 6.07 Å². The summed E-state index contributed by atoms with van der Waals surface area (Å²) in [6.07, 6.45) is 3.12.